The third kappa shape index (κ3) is 6.91. The first-order chi connectivity index (χ1) is 14.5. The average Bonchev–Trinajstić information content (AvgIpc) is 2.89. The number of aliphatic hydroxyl groups excluding tert-OH is 2. The van der Waals surface area contributed by atoms with Gasteiger partial charge in [-0.2, -0.15) is 0 Å². The summed E-state index contributed by atoms with van der Waals surface area (Å²) in [6.07, 6.45) is 6.83. The van der Waals surface area contributed by atoms with E-state index in [4.69, 9.17) is 14.6 Å². The molecule has 1 saturated carbocycles. The number of hydrogen-bond acceptors (Lipinski definition) is 5. The highest BCUT2D eigenvalue weighted by atomic mass is 16.5. The number of aliphatic carboxylic acids is 1. The molecule has 0 unspecified atom stereocenters. The van der Waals surface area contributed by atoms with Gasteiger partial charge in [-0.1, -0.05) is 42.5 Å². The Bertz CT molecular complexity index is 676. The summed E-state index contributed by atoms with van der Waals surface area (Å²) in [6, 6.07) is 9.84. The first-order valence-electron chi connectivity index (χ1n) is 11.0. The minimum absolute atomic E-state index is 0.0310. The van der Waals surface area contributed by atoms with E-state index in [0.29, 0.717) is 32.0 Å². The van der Waals surface area contributed by atoms with Gasteiger partial charge in [0.1, 0.15) is 0 Å². The van der Waals surface area contributed by atoms with Crippen LogP contribution in [0.2, 0.25) is 0 Å². The maximum atomic E-state index is 10.7. The lowest BCUT2D eigenvalue weighted by Crippen LogP contribution is -2.22. The topological polar surface area (TPSA) is 96.2 Å². The van der Waals surface area contributed by atoms with E-state index < -0.39 is 18.2 Å². The van der Waals surface area contributed by atoms with Crippen molar-refractivity contribution < 1.29 is 29.6 Å². The van der Waals surface area contributed by atoms with Crippen molar-refractivity contribution in [2.75, 3.05) is 13.2 Å². The minimum Gasteiger partial charge on any atom is -0.481 e. The van der Waals surface area contributed by atoms with Crippen molar-refractivity contribution in [2.24, 2.45) is 17.8 Å². The lowest BCUT2D eigenvalue weighted by molar-refractivity contribution is -0.137. The summed E-state index contributed by atoms with van der Waals surface area (Å²) in [5, 5.41) is 29.6. The molecular formula is C24H34O6. The quantitative estimate of drug-likeness (QED) is 0.505. The monoisotopic (exact) mass is 418 g/mol. The first kappa shape index (κ1) is 22.9. The molecular weight excluding hydrogens is 384 g/mol. The Morgan fingerprint density at radius 2 is 2.07 bits per heavy atom. The second-order valence-corrected chi connectivity index (χ2v) is 8.60. The first-order valence-corrected chi connectivity index (χ1v) is 11.0. The Morgan fingerprint density at radius 1 is 1.27 bits per heavy atom. The molecule has 166 valence electrons. The Kier molecular flexibility index (Phi) is 8.88. The molecule has 2 fully saturated rings. The van der Waals surface area contributed by atoms with Gasteiger partial charge in [0.2, 0.25) is 0 Å². The van der Waals surface area contributed by atoms with Gasteiger partial charge in [0.15, 0.2) is 0 Å². The molecule has 0 spiro atoms. The van der Waals surface area contributed by atoms with Gasteiger partial charge >= 0.3 is 5.97 Å². The fourth-order valence-corrected chi connectivity index (χ4v) is 4.67. The molecule has 6 atom stereocenters. The van der Waals surface area contributed by atoms with E-state index in [9.17, 15) is 15.0 Å². The van der Waals surface area contributed by atoms with Crippen molar-refractivity contribution in [2.45, 2.75) is 63.4 Å². The van der Waals surface area contributed by atoms with E-state index >= 15 is 0 Å². The zero-order valence-corrected chi connectivity index (χ0v) is 17.4. The van der Waals surface area contributed by atoms with Crippen LogP contribution < -0.4 is 0 Å². The number of carboxylic acid groups (broad SMARTS) is 1. The summed E-state index contributed by atoms with van der Waals surface area (Å²) in [5.41, 5.74) is 1.07. The highest BCUT2D eigenvalue weighted by Gasteiger charge is 2.43. The van der Waals surface area contributed by atoms with Gasteiger partial charge in [0.05, 0.1) is 31.5 Å². The summed E-state index contributed by atoms with van der Waals surface area (Å²) < 4.78 is 11.7. The summed E-state index contributed by atoms with van der Waals surface area (Å²) in [6.45, 7) is 1.31. The van der Waals surface area contributed by atoms with Gasteiger partial charge < -0.3 is 24.8 Å². The number of ether oxygens (including phenoxy) is 2. The molecule has 1 aromatic carbocycles. The Morgan fingerprint density at radius 3 is 2.83 bits per heavy atom. The van der Waals surface area contributed by atoms with Gasteiger partial charge in [0, 0.05) is 25.4 Å². The Balaban J connectivity index is 1.45. The number of carbonyl (C=O) groups is 1. The van der Waals surface area contributed by atoms with Crippen LogP contribution in [0.25, 0.3) is 0 Å². The number of hydrogen-bond donors (Lipinski definition) is 3. The predicted octanol–water partition coefficient (Wildman–Crippen LogP) is 3.17. The Labute approximate surface area is 178 Å². The van der Waals surface area contributed by atoms with Gasteiger partial charge in [-0.15, -0.1) is 0 Å². The van der Waals surface area contributed by atoms with E-state index in [-0.39, 0.29) is 31.0 Å². The van der Waals surface area contributed by atoms with Crippen molar-refractivity contribution in [3.8, 4) is 0 Å². The van der Waals surface area contributed by atoms with Crippen LogP contribution in [0.15, 0.2) is 42.5 Å². The molecule has 6 nitrogen and oxygen atoms in total. The van der Waals surface area contributed by atoms with Crippen molar-refractivity contribution in [3.05, 3.63) is 48.0 Å². The molecule has 1 aliphatic carbocycles. The maximum Gasteiger partial charge on any atom is 0.303 e. The summed E-state index contributed by atoms with van der Waals surface area (Å²) >= 11 is 0. The van der Waals surface area contributed by atoms with Gasteiger partial charge in [-0.3, -0.25) is 4.79 Å². The van der Waals surface area contributed by atoms with E-state index in [2.05, 4.69) is 0 Å². The van der Waals surface area contributed by atoms with E-state index in [1.54, 1.807) is 6.08 Å². The second-order valence-electron chi connectivity index (χ2n) is 8.60. The molecule has 1 heterocycles. The molecule has 30 heavy (non-hydrogen) atoms. The molecule has 0 bridgehead atoms. The predicted molar refractivity (Wildman–Crippen MR) is 113 cm³/mol. The molecule has 2 aliphatic rings. The van der Waals surface area contributed by atoms with Gasteiger partial charge in [-0.05, 0) is 43.1 Å². The lowest BCUT2D eigenvalue weighted by Gasteiger charge is -2.21. The van der Waals surface area contributed by atoms with Crippen molar-refractivity contribution in [3.63, 3.8) is 0 Å². The van der Waals surface area contributed by atoms with Crippen LogP contribution in [0.1, 0.15) is 44.1 Å². The number of rotatable bonds is 10. The third-order valence-corrected chi connectivity index (χ3v) is 6.30. The van der Waals surface area contributed by atoms with Crippen molar-refractivity contribution >= 4 is 5.97 Å². The summed E-state index contributed by atoms with van der Waals surface area (Å²) in [5.74, 6) is -0.163. The molecule has 3 rings (SSSR count). The van der Waals surface area contributed by atoms with Crippen LogP contribution in [0, 0.1) is 17.8 Å². The third-order valence-electron chi connectivity index (χ3n) is 6.30. The second kappa shape index (κ2) is 11.6. The van der Waals surface area contributed by atoms with Crippen molar-refractivity contribution in [1.82, 2.24) is 0 Å². The van der Waals surface area contributed by atoms with E-state index in [1.807, 2.05) is 36.4 Å². The zero-order chi connectivity index (χ0) is 21.3. The van der Waals surface area contributed by atoms with Gasteiger partial charge in [-0.25, -0.2) is 0 Å². The number of aliphatic hydroxyl groups is 2. The zero-order valence-electron chi connectivity index (χ0n) is 17.4. The van der Waals surface area contributed by atoms with Crippen molar-refractivity contribution in [1.29, 1.82) is 0 Å². The molecule has 1 aromatic rings. The molecule has 3 N–H and O–H groups in total. The minimum atomic E-state index is -0.749. The largest absolute Gasteiger partial charge is 0.481 e. The molecule has 0 amide bonds. The standard InChI is InChI=1S/C24H34O6/c25-19(16-29-14-17-5-2-1-3-6-17)10-12-20-21-11-9-18(7-4-8-24(27)28)15-30-23(21)13-22(20)26/h1-3,5-6,10,12,18-23,25-26H,4,7-9,11,13-16H2,(H,27,28)/b12-10+/t18-,19-,20+,21+,22+,23-/m0/s1. The van der Waals surface area contributed by atoms with Crippen LogP contribution in [0.3, 0.4) is 0 Å². The highest BCUT2D eigenvalue weighted by Crippen LogP contribution is 2.41. The summed E-state index contributed by atoms with van der Waals surface area (Å²) in [4.78, 5) is 10.7. The fourth-order valence-electron chi connectivity index (χ4n) is 4.67. The highest BCUT2D eigenvalue weighted by molar-refractivity contribution is 5.66. The van der Waals surface area contributed by atoms with Crippen LogP contribution in [0.5, 0.6) is 0 Å². The maximum absolute atomic E-state index is 10.7. The van der Waals surface area contributed by atoms with Crippen LogP contribution in [0.4, 0.5) is 0 Å². The molecule has 0 radical (unpaired) electrons. The fraction of sp³-hybridized carbons (Fsp3) is 0.625. The number of benzene rings is 1. The van der Waals surface area contributed by atoms with Crippen LogP contribution in [-0.2, 0) is 20.9 Å². The normalized spacial score (nSPS) is 30.1. The van der Waals surface area contributed by atoms with Crippen LogP contribution in [-0.4, -0.2) is 52.8 Å². The average molecular weight is 419 g/mol. The van der Waals surface area contributed by atoms with Gasteiger partial charge in [0.25, 0.3) is 0 Å². The molecule has 0 aromatic heterocycles. The summed E-state index contributed by atoms with van der Waals surface area (Å²) in [7, 11) is 0. The lowest BCUT2D eigenvalue weighted by atomic mass is 9.86. The smallest absolute Gasteiger partial charge is 0.303 e. The molecule has 1 saturated heterocycles. The molecule has 6 heteroatoms. The number of carboxylic acids is 1. The number of fused-ring (bicyclic) bond motifs is 1. The Hall–Kier alpha value is -1.73. The SMILES string of the molecule is O=C(O)CCC[C@H]1CC[C@@H]2[C@@H](/C=C/[C@H](O)COCc3ccccc3)[C@H](O)C[C@@H]2OC1. The van der Waals surface area contributed by atoms with E-state index in [1.165, 1.54) is 0 Å². The molecule has 1 aliphatic heterocycles. The van der Waals surface area contributed by atoms with E-state index in [0.717, 1.165) is 24.8 Å². The van der Waals surface area contributed by atoms with Crippen LogP contribution >= 0.6 is 0 Å².